The minimum absolute atomic E-state index is 0.423. The Balaban J connectivity index is 2.18. The van der Waals surface area contributed by atoms with E-state index in [0.29, 0.717) is 18.2 Å². The van der Waals surface area contributed by atoms with Crippen molar-refractivity contribution in [1.29, 1.82) is 0 Å². The zero-order chi connectivity index (χ0) is 14.5. The zero-order valence-corrected chi connectivity index (χ0v) is 14.6. The highest BCUT2D eigenvalue weighted by Gasteiger charge is 2.09. The van der Waals surface area contributed by atoms with Crippen molar-refractivity contribution in [2.24, 2.45) is 5.73 Å². The van der Waals surface area contributed by atoms with Crippen LogP contribution in [0.2, 0.25) is 5.02 Å². The Morgan fingerprint density at radius 2 is 1.90 bits per heavy atom. The first-order valence-electron chi connectivity index (χ1n) is 6.16. The summed E-state index contributed by atoms with van der Waals surface area (Å²) in [5.74, 6) is 0.830. The number of hydrogen-bond donors (Lipinski definition) is 1. The Bertz CT molecular complexity index is 604. The second-order valence-electron chi connectivity index (χ2n) is 4.29. The van der Waals surface area contributed by atoms with E-state index in [9.17, 15) is 0 Å². The summed E-state index contributed by atoms with van der Waals surface area (Å²) in [5.41, 5.74) is 7.67. The highest BCUT2D eigenvalue weighted by atomic mass is 79.9. The number of ether oxygens (including phenoxy) is 1. The first-order valence-corrected chi connectivity index (χ1v) is 8.12. The van der Waals surface area contributed by atoms with E-state index < -0.39 is 0 Å². The predicted octanol–water partition coefficient (Wildman–Crippen LogP) is 4.95. The molecule has 106 valence electrons. The number of hydrogen-bond acceptors (Lipinski definition) is 2. The van der Waals surface area contributed by atoms with Crippen LogP contribution in [-0.2, 0) is 13.0 Å². The van der Waals surface area contributed by atoms with Crippen molar-refractivity contribution in [3.63, 3.8) is 0 Å². The van der Waals surface area contributed by atoms with Gasteiger partial charge in [-0.15, -0.1) is 0 Å². The second-order valence-corrected chi connectivity index (χ2v) is 6.47. The van der Waals surface area contributed by atoms with Gasteiger partial charge >= 0.3 is 0 Å². The smallest absolute Gasteiger partial charge is 0.137 e. The summed E-state index contributed by atoms with van der Waals surface area (Å²) in [6, 6.07) is 11.7. The third-order valence-corrected chi connectivity index (χ3v) is 4.32. The average Bonchev–Trinajstić information content (AvgIpc) is 2.40. The van der Waals surface area contributed by atoms with Crippen molar-refractivity contribution >= 4 is 43.5 Å². The molecule has 0 aliphatic rings. The lowest BCUT2D eigenvalue weighted by Crippen LogP contribution is -2.06. The van der Waals surface area contributed by atoms with Gasteiger partial charge in [-0.25, -0.2) is 0 Å². The molecule has 0 saturated carbocycles. The van der Waals surface area contributed by atoms with Crippen LogP contribution in [0, 0.1) is 0 Å². The normalized spacial score (nSPS) is 10.6. The molecule has 0 aromatic heterocycles. The predicted molar refractivity (Wildman–Crippen MR) is 90.4 cm³/mol. The number of nitrogens with two attached hydrogens (primary N) is 1. The molecule has 0 saturated heterocycles. The summed E-state index contributed by atoms with van der Waals surface area (Å²) in [6.07, 6.45) is 0.781. The van der Waals surface area contributed by atoms with E-state index in [1.807, 2.05) is 36.4 Å². The molecule has 0 aliphatic carbocycles. The molecule has 0 heterocycles. The van der Waals surface area contributed by atoms with Crippen LogP contribution in [-0.4, -0.2) is 6.54 Å². The molecule has 0 bridgehead atoms. The average molecular weight is 420 g/mol. The van der Waals surface area contributed by atoms with Gasteiger partial charge in [0.2, 0.25) is 0 Å². The topological polar surface area (TPSA) is 35.2 Å². The number of benzene rings is 2. The van der Waals surface area contributed by atoms with E-state index in [1.54, 1.807) is 0 Å². The van der Waals surface area contributed by atoms with Crippen LogP contribution in [0.25, 0.3) is 0 Å². The molecular weight excluding hydrogens is 405 g/mol. The molecule has 20 heavy (non-hydrogen) atoms. The first-order chi connectivity index (χ1) is 9.61. The molecule has 2 aromatic carbocycles. The zero-order valence-electron chi connectivity index (χ0n) is 10.7. The summed E-state index contributed by atoms with van der Waals surface area (Å²) in [6.45, 7) is 1.01. The fraction of sp³-hybridized carbons (Fsp3) is 0.200. The fourth-order valence-corrected chi connectivity index (χ4v) is 3.11. The van der Waals surface area contributed by atoms with E-state index >= 15 is 0 Å². The van der Waals surface area contributed by atoms with E-state index in [4.69, 9.17) is 22.1 Å². The Morgan fingerprint density at radius 1 is 1.10 bits per heavy atom. The quantitative estimate of drug-likeness (QED) is 0.745. The van der Waals surface area contributed by atoms with Crippen LogP contribution in [0.3, 0.4) is 0 Å². The lowest BCUT2D eigenvalue weighted by atomic mass is 10.1. The number of rotatable bonds is 5. The van der Waals surface area contributed by atoms with Gasteiger partial charge in [-0.05, 0) is 52.7 Å². The Labute approximate surface area is 140 Å². The summed E-state index contributed by atoms with van der Waals surface area (Å²) in [5, 5.41) is 0.687. The van der Waals surface area contributed by atoms with Crippen LogP contribution in [0.5, 0.6) is 5.75 Å². The van der Waals surface area contributed by atoms with Crippen LogP contribution in [0.1, 0.15) is 11.1 Å². The maximum Gasteiger partial charge on any atom is 0.137 e. The van der Waals surface area contributed by atoms with Gasteiger partial charge in [-0.1, -0.05) is 45.7 Å². The Kier molecular flexibility index (Phi) is 5.90. The first kappa shape index (κ1) is 15.8. The van der Waals surface area contributed by atoms with Crippen LogP contribution < -0.4 is 10.5 Å². The Hall–Kier alpha value is -0.550. The summed E-state index contributed by atoms with van der Waals surface area (Å²) < 4.78 is 7.81. The highest BCUT2D eigenvalue weighted by Crippen LogP contribution is 2.31. The molecule has 0 amide bonds. The summed E-state index contributed by atoms with van der Waals surface area (Å²) in [7, 11) is 0. The summed E-state index contributed by atoms with van der Waals surface area (Å²) >= 11 is 13.1. The van der Waals surface area contributed by atoms with Crippen LogP contribution in [0.4, 0.5) is 0 Å². The molecule has 0 spiro atoms. The molecule has 0 atom stereocenters. The molecule has 0 fully saturated rings. The molecule has 0 radical (unpaired) electrons. The van der Waals surface area contributed by atoms with Crippen LogP contribution in [0.15, 0.2) is 45.3 Å². The lowest BCUT2D eigenvalue weighted by molar-refractivity contribution is 0.301. The van der Waals surface area contributed by atoms with Gasteiger partial charge in [0.15, 0.2) is 0 Å². The van der Waals surface area contributed by atoms with Gasteiger partial charge in [-0.3, -0.25) is 0 Å². The highest BCUT2D eigenvalue weighted by molar-refractivity contribution is 9.10. The maximum absolute atomic E-state index is 6.19. The molecule has 2 nitrogen and oxygen atoms in total. The largest absolute Gasteiger partial charge is 0.487 e. The van der Waals surface area contributed by atoms with Crippen molar-refractivity contribution in [2.45, 2.75) is 13.0 Å². The second kappa shape index (κ2) is 7.46. The third kappa shape index (κ3) is 3.98. The maximum atomic E-state index is 6.19. The van der Waals surface area contributed by atoms with Crippen molar-refractivity contribution in [2.75, 3.05) is 6.54 Å². The van der Waals surface area contributed by atoms with Crippen LogP contribution >= 0.6 is 43.5 Å². The SMILES string of the molecule is NCCc1cccc(Br)c1OCc1ccc(Br)cc1Cl. The molecule has 0 aliphatic heterocycles. The molecule has 5 heteroatoms. The van der Waals surface area contributed by atoms with Crippen molar-refractivity contribution in [1.82, 2.24) is 0 Å². The van der Waals surface area contributed by atoms with Gasteiger partial charge in [0, 0.05) is 15.1 Å². The van der Waals surface area contributed by atoms with E-state index in [2.05, 4.69) is 31.9 Å². The molecule has 2 rings (SSSR count). The monoisotopic (exact) mass is 417 g/mol. The fourth-order valence-electron chi connectivity index (χ4n) is 1.86. The molecule has 0 unspecified atom stereocenters. The van der Waals surface area contributed by atoms with Gasteiger partial charge in [0.1, 0.15) is 12.4 Å². The van der Waals surface area contributed by atoms with Gasteiger partial charge in [0.25, 0.3) is 0 Å². The van der Waals surface area contributed by atoms with Crippen molar-refractivity contribution in [3.05, 3.63) is 61.5 Å². The van der Waals surface area contributed by atoms with Crippen molar-refractivity contribution in [3.8, 4) is 5.75 Å². The van der Waals surface area contributed by atoms with Gasteiger partial charge < -0.3 is 10.5 Å². The summed E-state index contributed by atoms with van der Waals surface area (Å²) in [4.78, 5) is 0. The number of para-hydroxylation sites is 1. The molecule has 2 aromatic rings. The van der Waals surface area contributed by atoms with E-state index in [-0.39, 0.29) is 0 Å². The van der Waals surface area contributed by atoms with E-state index in [0.717, 1.165) is 32.2 Å². The van der Waals surface area contributed by atoms with Crippen molar-refractivity contribution < 1.29 is 4.74 Å². The third-order valence-electron chi connectivity index (χ3n) is 2.85. The minimum atomic E-state index is 0.423. The molecular formula is C15H14Br2ClNO. The van der Waals surface area contributed by atoms with Gasteiger partial charge in [0.05, 0.1) is 4.47 Å². The Morgan fingerprint density at radius 3 is 2.60 bits per heavy atom. The molecule has 2 N–H and O–H groups in total. The standard InChI is InChI=1S/C15H14Br2ClNO/c16-12-5-4-11(14(18)8-12)9-20-15-10(6-7-19)2-1-3-13(15)17/h1-5,8H,6-7,9,19H2. The van der Waals surface area contributed by atoms with Gasteiger partial charge in [-0.2, -0.15) is 0 Å². The minimum Gasteiger partial charge on any atom is -0.487 e. The number of halogens is 3. The van der Waals surface area contributed by atoms with E-state index in [1.165, 1.54) is 0 Å². The lowest BCUT2D eigenvalue weighted by Gasteiger charge is -2.13.